The van der Waals surface area contributed by atoms with Gasteiger partial charge in [0.2, 0.25) is 0 Å². The van der Waals surface area contributed by atoms with E-state index >= 15 is 0 Å². The summed E-state index contributed by atoms with van der Waals surface area (Å²) in [5.74, 6) is 1.12. The highest BCUT2D eigenvalue weighted by Gasteiger charge is 2.30. The molecule has 0 radical (unpaired) electrons. The highest BCUT2D eigenvalue weighted by molar-refractivity contribution is 9.10. The Morgan fingerprint density at radius 1 is 1.40 bits per heavy atom. The molecule has 7 heteroatoms. The number of halogens is 2. The minimum atomic E-state index is 0.128. The van der Waals surface area contributed by atoms with Gasteiger partial charge in [-0.25, -0.2) is 4.98 Å². The molecule has 1 aliphatic carbocycles. The molecule has 132 valence electrons. The summed E-state index contributed by atoms with van der Waals surface area (Å²) >= 11 is 11.6. The van der Waals surface area contributed by atoms with Gasteiger partial charge < -0.3 is 15.5 Å². The molecule has 4 nitrogen and oxygen atoms in total. The zero-order valence-corrected chi connectivity index (χ0v) is 16.8. The number of furan rings is 1. The van der Waals surface area contributed by atoms with E-state index in [0.29, 0.717) is 5.15 Å². The quantitative estimate of drug-likeness (QED) is 0.496. The maximum atomic E-state index is 6.35. The van der Waals surface area contributed by atoms with E-state index in [0.717, 1.165) is 46.4 Å². The third kappa shape index (κ3) is 3.45. The molecule has 0 saturated heterocycles. The SMILES string of the molecule is N[C@H]1CCCC[C@H]1c1oc2c(NCc3cccs3)cc(Cl)nc2c1Br. The van der Waals surface area contributed by atoms with Crippen molar-refractivity contribution >= 4 is 55.7 Å². The van der Waals surface area contributed by atoms with Crippen LogP contribution in [-0.2, 0) is 6.54 Å². The Kier molecular flexibility index (Phi) is 5.04. The van der Waals surface area contributed by atoms with Crippen LogP contribution >= 0.6 is 38.9 Å². The summed E-state index contributed by atoms with van der Waals surface area (Å²) in [5.41, 5.74) is 8.71. The number of fused-ring (bicyclic) bond motifs is 1. The zero-order chi connectivity index (χ0) is 17.4. The molecule has 0 spiro atoms. The zero-order valence-electron chi connectivity index (χ0n) is 13.6. The molecule has 1 aliphatic rings. The van der Waals surface area contributed by atoms with E-state index in [9.17, 15) is 0 Å². The fraction of sp³-hybridized carbons (Fsp3) is 0.389. The fourth-order valence-corrected chi connectivity index (χ4v) is 4.96. The summed E-state index contributed by atoms with van der Waals surface area (Å²) in [6.45, 7) is 0.726. The summed E-state index contributed by atoms with van der Waals surface area (Å²) < 4.78 is 7.14. The van der Waals surface area contributed by atoms with Crippen molar-refractivity contribution in [3.63, 3.8) is 0 Å². The first kappa shape index (κ1) is 17.3. The van der Waals surface area contributed by atoms with Crippen molar-refractivity contribution in [3.05, 3.63) is 43.8 Å². The molecule has 0 unspecified atom stereocenters. The van der Waals surface area contributed by atoms with Crippen LogP contribution < -0.4 is 11.1 Å². The Bertz CT molecular complexity index is 880. The molecular weight excluding hydrogens is 422 g/mol. The lowest BCUT2D eigenvalue weighted by Gasteiger charge is -2.27. The van der Waals surface area contributed by atoms with Crippen molar-refractivity contribution in [2.24, 2.45) is 5.73 Å². The Labute approximate surface area is 163 Å². The number of rotatable bonds is 4. The standard InChI is InChI=1S/C18H19BrClN3OS/c19-15-16-18(24-17(15)11-5-1-2-6-12(11)21)13(8-14(20)23-16)22-9-10-4-3-7-25-10/h3-4,7-8,11-12H,1-2,5-6,9,21H2,(H,22,23)/t11-,12+/m1/s1. The van der Waals surface area contributed by atoms with Crippen LogP contribution in [0.25, 0.3) is 11.1 Å². The molecular formula is C18H19BrClN3OS. The lowest BCUT2D eigenvalue weighted by atomic mass is 9.83. The van der Waals surface area contributed by atoms with Gasteiger partial charge in [0.1, 0.15) is 16.4 Å². The van der Waals surface area contributed by atoms with E-state index in [1.807, 2.05) is 12.1 Å². The molecule has 4 rings (SSSR count). The summed E-state index contributed by atoms with van der Waals surface area (Å²) in [4.78, 5) is 5.72. The van der Waals surface area contributed by atoms with Gasteiger partial charge in [-0.3, -0.25) is 0 Å². The maximum Gasteiger partial charge on any atom is 0.177 e. The lowest BCUT2D eigenvalue weighted by Crippen LogP contribution is -2.31. The number of nitrogens with two attached hydrogens (primary N) is 1. The number of anilines is 1. The van der Waals surface area contributed by atoms with E-state index in [1.54, 1.807) is 11.3 Å². The highest BCUT2D eigenvalue weighted by atomic mass is 79.9. The number of hydrogen-bond acceptors (Lipinski definition) is 5. The molecule has 0 aromatic carbocycles. The van der Waals surface area contributed by atoms with Gasteiger partial charge in [0.15, 0.2) is 5.58 Å². The molecule has 0 amide bonds. The average Bonchev–Trinajstić information content (AvgIpc) is 3.22. The van der Waals surface area contributed by atoms with E-state index in [-0.39, 0.29) is 12.0 Å². The van der Waals surface area contributed by atoms with Gasteiger partial charge in [0.05, 0.1) is 10.2 Å². The van der Waals surface area contributed by atoms with Gasteiger partial charge in [-0.15, -0.1) is 11.3 Å². The van der Waals surface area contributed by atoms with E-state index in [1.165, 1.54) is 17.7 Å². The largest absolute Gasteiger partial charge is 0.456 e. The summed E-state index contributed by atoms with van der Waals surface area (Å²) in [6, 6.07) is 6.09. The van der Waals surface area contributed by atoms with Crippen LogP contribution in [-0.4, -0.2) is 11.0 Å². The number of nitrogens with zero attached hydrogens (tertiary/aromatic N) is 1. The number of hydrogen-bond donors (Lipinski definition) is 2. The molecule has 3 aromatic heterocycles. The van der Waals surface area contributed by atoms with Crippen LogP contribution in [0.15, 0.2) is 32.5 Å². The first-order chi connectivity index (χ1) is 12.1. The monoisotopic (exact) mass is 439 g/mol. The number of aromatic nitrogens is 1. The van der Waals surface area contributed by atoms with Crippen molar-refractivity contribution in [3.8, 4) is 0 Å². The summed E-state index contributed by atoms with van der Waals surface area (Å²) in [6.07, 6.45) is 4.45. The topological polar surface area (TPSA) is 64.1 Å². The molecule has 1 saturated carbocycles. The van der Waals surface area contributed by atoms with Crippen molar-refractivity contribution in [2.45, 2.75) is 44.2 Å². The first-order valence-corrected chi connectivity index (χ1v) is 10.5. The van der Waals surface area contributed by atoms with Crippen molar-refractivity contribution in [1.82, 2.24) is 4.98 Å². The number of pyridine rings is 1. The first-order valence-electron chi connectivity index (χ1n) is 8.43. The van der Waals surface area contributed by atoms with Gasteiger partial charge in [-0.2, -0.15) is 0 Å². The molecule has 3 N–H and O–H groups in total. The minimum absolute atomic E-state index is 0.128. The molecule has 3 aromatic rings. The molecule has 0 aliphatic heterocycles. The number of nitrogens with one attached hydrogen (secondary N) is 1. The van der Waals surface area contributed by atoms with Crippen LogP contribution in [0.1, 0.15) is 42.2 Å². The van der Waals surface area contributed by atoms with Gasteiger partial charge >= 0.3 is 0 Å². The van der Waals surface area contributed by atoms with Crippen LogP contribution in [0.2, 0.25) is 5.15 Å². The van der Waals surface area contributed by atoms with E-state index in [4.69, 9.17) is 21.8 Å². The van der Waals surface area contributed by atoms with Crippen LogP contribution in [0.4, 0.5) is 5.69 Å². The average molecular weight is 441 g/mol. The third-order valence-electron chi connectivity index (χ3n) is 4.77. The van der Waals surface area contributed by atoms with Gasteiger partial charge in [0.25, 0.3) is 0 Å². The Morgan fingerprint density at radius 3 is 3.00 bits per heavy atom. The second-order valence-electron chi connectivity index (χ2n) is 6.44. The van der Waals surface area contributed by atoms with Crippen LogP contribution in [0.5, 0.6) is 0 Å². The van der Waals surface area contributed by atoms with Gasteiger partial charge in [-0.1, -0.05) is 30.5 Å². The van der Waals surface area contributed by atoms with E-state index in [2.05, 4.69) is 37.7 Å². The smallest absolute Gasteiger partial charge is 0.177 e. The third-order valence-corrected chi connectivity index (χ3v) is 6.60. The van der Waals surface area contributed by atoms with Crippen molar-refractivity contribution in [2.75, 3.05) is 5.32 Å². The maximum absolute atomic E-state index is 6.35. The Morgan fingerprint density at radius 2 is 2.24 bits per heavy atom. The van der Waals surface area contributed by atoms with Crippen molar-refractivity contribution in [1.29, 1.82) is 0 Å². The highest BCUT2D eigenvalue weighted by Crippen LogP contribution is 2.43. The van der Waals surface area contributed by atoms with Crippen molar-refractivity contribution < 1.29 is 4.42 Å². The summed E-state index contributed by atoms with van der Waals surface area (Å²) in [7, 11) is 0. The summed E-state index contributed by atoms with van der Waals surface area (Å²) in [5, 5.41) is 5.94. The van der Waals surface area contributed by atoms with Gasteiger partial charge in [-0.05, 0) is 40.2 Å². The lowest BCUT2D eigenvalue weighted by molar-refractivity contribution is 0.340. The minimum Gasteiger partial charge on any atom is -0.456 e. The fourth-order valence-electron chi connectivity index (χ4n) is 3.48. The Balaban J connectivity index is 1.72. The second kappa shape index (κ2) is 7.27. The second-order valence-corrected chi connectivity index (χ2v) is 8.65. The van der Waals surface area contributed by atoms with Crippen LogP contribution in [0, 0.1) is 0 Å². The Hall–Kier alpha value is -1.08. The molecule has 25 heavy (non-hydrogen) atoms. The predicted octanol–water partition coefficient (Wildman–Crippen LogP) is 5.90. The molecule has 3 heterocycles. The predicted molar refractivity (Wildman–Crippen MR) is 108 cm³/mol. The molecule has 1 fully saturated rings. The van der Waals surface area contributed by atoms with Gasteiger partial charge in [0, 0.05) is 29.4 Å². The normalized spacial score (nSPS) is 20.9. The number of thiophene rings is 1. The molecule has 0 bridgehead atoms. The van der Waals surface area contributed by atoms with E-state index < -0.39 is 0 Å². The van der Waals surface area contributed by atoms with Crippen LogP contribution in [0.3, 0.4) is 0 Å². The molecule has 2 atom stereocenters.